The van der Waals surface area contributed by atoms with Crippen LogP contribution in [0, 0.1) is 0 Å². The number of carbonyl (C=O) groups excluding carboxylic acids is 1. The molecule has 0 spiro atoms. The summed E-state index contributed by atoms with van der Waals surface area (Å²) < 4.78 is 13.1. The Bertz CT molecular complexity index is 253. The number of nitrogens with two attached hydrogens (primary N) is 1. The highest BCUT2D eigenvalue weighted by atomic mass is 19.1. The molecule has 0 aliphatic carbocycles. The third-order valence-corrected chi connectivity index (χ3v) is 2.67. The minimum Gasteiger partial charge on any atom is -0.332 e. The summed E-state index contributed by atoms with van der Waals surface area (Å²) in [7, 11) is 0. The molecule has 1 aliphatic heterocycles. The van der Waals surface area contributed by atoms with Crippen molar-refractivity contribution in [1.82, 2.24) is 4.90 Å². The Morgan fingerprint density at radius 2 is 2.36 bits per heavy atom. The van der Waals surface area contributed by atoms with Gasteiger partial charge in [-0.3, -0.25) is 4.79 Å². The van der Waals surface area contributed by atoms with Crippen molar-refractivity contribution in [3.8, 4) is 0 Å². The fourth-order valence-electron chi connectivity index (χ4n) is 1.68. The quantitative estimate of drug-likeness (QED) is 0.672. The molecular formula is C10H17FN2O. The molecule has 0 saturated carbocycles. The zero-order valence-corrected chi connectivity index (χ0v) is 8.66. The monoisotopic (exact) mass is 200 g/mol. The van der Waals surface area contributed by atoms with Gasteiger partial charge in [-0.25, -0.2) is 4.39 Å². The summed E-state index contributed by atoms with van der Waals surface area (Å²) in [5, 5.41) is 0. The van der Waals surface area contributed by atoms with Gasteiger partial charge in [0.2, 0.25) is 5.91 Å². The van der Waals surface area contributed by atoms with Crippen LogP contribution in [0.25, 0.3) is 0 Å². The summed E-state index contributed by atoms with van der Waals surface area (Å²) in [6.45, 7) is 4.06. The number of amides is 1. The van der Waals surface area contributed by atoms with Crippen LogP contribution in [0.3, 0.4) is 0 Å². The third-order valence-electron chi connectivity index (χ3n) is 2.67. The van der Waals surface area contributed by atoms with Crippen molar-refractivity contribution in [3.05, 3.63) is 11.6 Å². The van der Waals surface area contributed by atoms with Crippen molar-refractivity contribution in [1.29, 1.82) is 0 Å². The first-order chi connectivity index (χ1) is 6.60. The highest BCUT2D eigenvalue weighted by molar-refractivity contribution is 5.93. The molecule has 0 aromatic heterocycles. The number of halogens is 1. The molecule has 1 saturated heterocycles. The van der Waals surface area contributed by atoms with Gasteiger partial charge in [0, 0.05) is 24.6 Å². The van der Waals surface area contributed by atoms with E-state index in [2.05, 4.69) is 0 Å². The molecule has 2 atom stereocenters. The Morgan fingerprint density at radius 3 is 2.86 bits per heavy atom. The minimum absolute atomic E-state index is 0.0944. The van der Waals surface area contributed by atoms with Gasteiger partial charge in [-0.05, 0) is 13.8 Å². The van der Waals surface area contributed by atoms with Crippen LogP contribution in [0.4, 0.5) is 4.39 Å². The Hall–Kier alpha value is -0.900. The molecule has 0 unspecified atom stereocenters. The highest BCUT2D eigenvalue weighted by Crippen LogP contribution is 2.21. The molecule has 2 N–H and O–H groups in total. The first-order valence-electron chi connectivity index (χ1n) is 4.88. The van der Waals surface area contributed by atoms with Crippen molar-refractivity contribution in [3.63, 3.8) is 0 Å². The van der Waals surface area contributed by atoms with E-state index in [4.69, 9.17) is 5.73 Å². The predicted octanol–water partition coefficient (Wildman–Crippen LogP) is 0.850. The fraction of sp³-hybridized carbons (Fsp3) is 0.700. The van der Waals surface area contributed by atoms with E-state index in [9.17, 15) is 9.18 Å². The number of rotatable bonds is 2. The normalized spacial score (nSPS) is 28.3. The first kappa shape index (κ1) is 11.2. The lowest BCUT2D eigenvalue weighted by Crippen LogP contribution is -2.40. The van der Waals surface area contributed by atoms with Crippen LogP contribution in [0.5, 0.6) is 0 Å². The molecule has 0 aromatic carbocycles. The molecule has 0 bridgehead atoms. The predicted molar refractivity (Wildman–Crippen MR) is 53.5 cm³/mol. The van der Waals surface area contributed by atoms with Crippen LogP contribution >= 0.6 is 0 Å². The molecule has 1 heterocycles. The van der Waals surface area contributed by atoms with Crippen LogP contribution in [0.2, 0.25) is 0 Å². The molecule has 1 amide bonds. The van der Waals surface area contributed by atoms with Crippen LogP contribution in [0.1, 0.15) is 20.3 Å². The maximum Gasteiger partial charge on any atom is 0.249 e. The van der Waals surface area contributed by atoms with E-state index in [0.717, 1.165) is 0 Å². The van der Waals surface area contributed by atoms with Gasteiger partial charge in [0.1, 0.15) is 6.17 Å². The summed E-state index contributed by atoms with van der Waals surface area (Å²) in [6.07, 6.45) is 1.19. The number of hydrogen-bond acceptors (Lipinski definition) is 2. The molecular weight excluding hydrogens is 183 g/mol. The van der Waals surface area contributed by atoms with Crippen LogP contribution in [-0.4, -0.2) is 36.1 Å². The average molecular weight is 200 g/mol. The number of likely N-dealkylation sites (tertiary alicyclic amines) is 1. The summed E-state index contributed by atoms with van der Waals surface area (Å²) in [5.41, 5.74) is 6.14. The van der Waals surface area contributed by atoms with E-state index in [-0.39, 0.29) is 18.5 Å². The number of carbonyl (C=O) groups is 1. The second-order valence-electron chi connectivity index (χ2n) is 3.65. The van der Waals surface area contributed by atoms with E-state index in [1.807, 2.05) is 0 Å². The van der Waals surface area contributed by atoms with Gasteiger partial charge in [0.15, 0.2) is 0 Å². The maximum atomic E-state index is 13.1. The van der Waals surface area contributed by atoms with Crippen molar-refractivity contribution in [2.75, 3.05) is 13.1 Å². The number of allylic oxidation sites excluding steroid dienone is 1. The second-order valence-corrected chi connectivity index (χ2v) is 3.65. The molecule has 14 heavy (non-hydrogen) atoms. The summed E-state index contributed by atoms with van der Waals surface area (Å²) in [5.74, 6) is -0.0944. The lowest BCUT2D eigenvalue weighted by Gasteiger charge is -2.23. The van der Waals surface area contributed by atoms with Crippen LogP contribution in [0.15, 0.2) is 11.6 Å². The Labute approximate surface area is 83.8 Å². The molecule has 0 radical (unpaired) electrons. The highest BCUT2D eigenvalue weighted by Gasteiger charge is 2.34. The van der Waals surface area contributed by atoms with Gasteiger partial charge in [-0.2, -0.15) is 0 Å². The maximum absolute atomic E-state index is 13.1. The molecule has 1 aliphatic rings. The molecule has 1 rings (SSSR count). The van der Waals surface area contributed by atoms with Gasteiger partial charge in [0.05, 0.1) is 6.54 Å². The lowest BCUT2D eigenvalue weighted by molar-refractivity contribution is -0.127. The van der Waals surface area contributed by atoms with Crippen LogP contribution < -0.4 is 5.73 Å². The molecule has 3 nitrogen and oxygen atoms in total. The summed E-state index contributed by atoms with van der Waals surface area (Å²) in [4.78, 5) is 13.3. The Kier molecular flexibility index (Phi) is 3.63. The van der Waals surface area contributed by atoms with E-state index >= 15 is 0 Å². The van der Waals surface area contributed by atoms with Gasteiger partial charge in [-0.1, -0.05) is 6.08 Å². The van der Waals surface area contributed by atoms with E-state index in [1.54, 1.807) is 24.8 Å². The SMILES string of the molecule is C/C=C(/C)C(=O)N1C[C@H](F)C[C@H]1CN. The Balaban J connectivity index is 2.72. The van der Waals surface area contributed by atoms with E-state index < -0.39 is 6.17 Å². The molecule has 0 aromatic rings. The topological polar surface area (TPSA) is 46.3 Å². The molecule has 4 heteroatoms. The standard InChI is InChI=1S/C10H17FN2O/c1-3-7(2)10(14)13-6-8(11)4-9(13)5-12/h3,8-9H,4-6,12H2,1-2H3/b7-3-/t8-,9+/m1/s1. The summed E-state index contributed by atoms with van der Waals surface area (Å²) >= 11 is 0. The smallest absolute Gasteiger partial charge is 0.249 e. The van der Waals surface area contributed by atoms with Gasteiger partial charge in [-0.15, -0.1) is 0 Å². The van der Waals surface area contributed by atoms with Gasteiger partial charge >= 0.3 is 0 Å². The van der Waals surface area contributed by atoms with Crippen molar-refractivity contribution in [2.24, 2.45) is 5.73 Å². The van der Waals surface area contributed by atoms with Crippen molar-refractivity contribution >= 4 is 5.91 Å². The van der Waals surface area contributed by atoms with Crippen molar-refractivity contribution in [2.45, 2.75) is 32.5 Å². The third kappa shape index (κ3) is 2.12. The number of nitrogens with zero attached hydrogens (tertiary/aromatic N) is 1. The van der Waals surface area contributed by atoms with Gasteiger partial charge < -0.3 is 10.6 Å². The molecule has 80 valence electrons. The van der Waals surface area contributed by atoms with Gasteiger partial charge in [0.25, 0.3) is 0 Å². The Morgan fingerprint density at radius 1 is 1.71 bits per heavy atom. The first-order valence-corrected chi connectivity index (χ1v) is 4.88. The second kappa shape index (κ2) is 4.55. The number of alkyl halides is 1. The fourth-order valence-corrected chi connectivity index (χ4v) is 1.68. The van der Waals surface area contributed by atoms with Crippen molar-refractivity contribution < 1.29 is 9.18 Å². The average Bonchev–Trinajstić information content (AvgIpc) is 2.57. The zero-order chi connectivity index (χ0) is 10.7. The van der Waals surface area contributed by atoms with E-state index in [0.29, 0.717) is 18.5 Å². The minimum atomic E-state index is -0.919. The van der Waals surface area contributed by atoms with E-state index in [1.165, 1.54) is 0 Å². The van der Waals surface area contributed by atoms with Crippen LogP contribution in [-0.2, 0) is 4.79 Å². The summed E-state index contributed by atoms with van der Waals surface area (Å²) in [6, 6.07) is -0.132. The molecule has 1 fully saturated rings. The number of hydrogen-bond donors (Lipinski definition) is 1. The largest absolute Gasteiger partial charge is 0.332 e. The lowest BCUT2D eigenvalue weighted by atomic mass is 10.2. The zero-order valence-electron chi connectivity index (χ0n) is 8.66.